The zero-order valence-corrected chi connectivity index (χ0v) is 13.1. The Morgan fingerprint density at radius 3 is 2.21 bits per heavy atom. The Morgan fingerprint density at radius 1 is 0.875 bits per heavy atom. The zero-order valence-electron chi connectivity index (χ0n) is 13.1. The van der Waals surface area contributed by atoms with Gasteiger partial charge >= 0.3 is 5.97 Å². The van der Waals surface area contributed by atoms with E-state index in [4.69, 9.17) is 4.74 Å². The maximum atomic E-state index is 12.2. The molecule has 0 aliphatic rings. The molecule has 0 bridgehead atoms. The van der Waals surface area contributed by atoms with Crippen LogP contribution in [0.5, 0.6) is 0 Å². The molecule has 2 aromatic carbocycles. The van der Waals surface area contributed by atoms with Gasteiger partial charge in [-0.15, -0.1) is 0 Å². The van der Waals surface area contributed by atoms with Crippen molar-refractivity contribution >= 4 is 12.0 Å². The van der Waals surface area contributed by atoms with E-state index in [1.807, 2.05) is 78.9 Å². The molecule has 3 rings (SSSR count). The fourth-order valence-corrected chi connectivity index (χ4v) is 2.34. The quantitative estimate of drug-likeness (QED) is 0.516. The molecule has 1 atom stereocenters. The predicted octanol–water partition coefficient (Wildman–Crippen LogP) is 4.43. The van der Waals surface area contributed by atoms with Gasteiger partial charge in [0.2, 0.25) is 0 Å². The number of carbonyl (C=O) groups is 1. The van der Waals surface area contributed by atoms with Crippen LogP contribution in [-0.2, 0) is 9.53 Å². The van der Waals surface area contributed by atoms with E-state index >= 15 is 0 Å². The highest BCUT2D eigenvalue weighted by molar-refractivity contribution is 5.87. The van der Waals surface area contributed by atoms with Gasteiger partial charge in [0.05, 0.1) is 5.69 Å². The minimum absolute atomic E-state index is 0.404. The summed E-state index contributed by atoms with van der Waals surface area (Å²) in [4.78, 5) is 16.6. The number of nitrogens with zero attached hydrogens (tertiary/aromatic N) is 1. The summed E-state index contributed by atoms with van der Waals surface area (Å²) in [7, 11) is 0. The van der Waals surface area contributed by atoms with Crippen LogP contribution < -0.4 is 0 Å². The molecule has 0 radical (unpaired) electrons. The van der Waals surface area contributed by atoms with Crippen molar-refractivity contribution in [3.05, 3.63) is 108 Å². The van der Waals surface area contributed by atoms with Gasteiger partial charge in [-0.3, -0.25) is 4.98 Å². The van der Waals surface area contributed by atoms with Gasteiger partial charge in [0.25, 0.3) is 0 Å². The monoisotopic (exact) mass is 315 g/mol. The SMILES string of the molecule is O=C(C=Cc1ccccc1)OC(c1ccccc1)c1ccccn1. The van der Waals surface area contributed by atoms with Crippen molar-refractivity contribution in [2.45, 2.75) is 6.10 Å². The Balaban J connectivity index is 1.80. The van der Waals surface area contributed by atoms with Gasteiger partial charge < -0.3 is 4.74 Å². The van der Waals surface area contributed by atoms with E-state index in [1.165, 1.54) is 6.08 Å². The standard InChI is InChI=1S/C21H17NO2/c23-20(15-14-17-9-3-1-4-10-17)24-21(18-11-5-2-6-12-18)19-13-7-8-16-22-19/h1-16,21H. The van der Waals surface area contributed by atoms with Crippen LogP contribution in [0.2, 0.25) is 0 Å². The normalized spacial score (nSPS) is 12.0. The molecule has 3 nitrogen and oxygen atoms in total. The second-order valence-corrected chi connectivity index (χ2v) is 5.23. The molecule has 1 heterocycles. The summed E-state index contributed by atoms with van der Waals surface area (Å²) in [5.74, 6) is -0.404. The number of pyridine rings is 1. The average Bonchev–Trinajstić information content (AvgIpc) is 2.67. The molecule has 1 unspecified atom stereocenters. The van der Waals surface area contributed by atoms with E-state index in [2.05, 4.69) is 4.98 Å². The second-order valence-electron chi connectivity index (χ2n) is 5.23. The highest BCUT2D eigenvalue weighted by Crippen LogP contribution is 2.24. The predicted molar refractivity (Wildman–Crippen MR) is 94.1 cm³/mol. The minimum atomic E-state index is -0.527. The molecule has 0 N–H and O–H groups in total. The third kappa shape index (κ3) is 4.17. The Morgan fingerprint density at radius 2 is 1.54 bits per heavy atom. The summed E-state index contributed by atoms with van der Waals surface area (Å²) >= 11 is 0. The summed E-state index contributed by atoms with van der Waals surface area (Å²) in [5, 5.41) is 0. The van der Waals surface area contributed by atoms with Gasteiger partial charge in [-0.2, -0.15) is 0 Å². The first kappa shape index (κ1) is 15.7. The zero-order chi connectivity index (χ0) is 16.6. The van der Waals surface area contributed by atoms with Crippen molar-refractivity contribution < 1.29 is 9.53 Å². The number of aromatic nitrogens is 1. The van der Waals surface area contributed by atoms with Crippen molar-refractivity contribution in [3.8, 4) is 0 Å². The summed E-state index contributed by atoms with van der Waals surface area (Å²) in [6.45, 7) is 0. The lowest BCUT2D eigenvalue weighted by Gasteiger charge is -2.16. The fraction of sp³-hybridized carbons (Fsp3) is 0.0476. The van der Waals surface area contributed by atoms with Crippen LogP contribution in [0.3, 0.4) is 0 Å². The average molecular weight is 315 g/mol. The third-order valence-corrected chi connectivity index (χ3v) is 3.50. The van der Waals surface area contributed by atoms with Crippen LogP contribution in [0.15, 0.2) is 91.1 Å². The largest absolute Gasteiger partial charge is 0.448 e. The van der Waals surface area contributed by atoms with Crippen LogP contribution in [0.25, 0.3) is 6.08 Å². The maximum Gasteiger partial charge on any atom is 0.331 e. The Kier molecular flexibility index (Phi) is 5.15. The van der Waals surface area contributed by atoms with Crippen molar-refractivity contribution in [1.82, 2.24) is 4.98 Å². The van der Waals surface area contributed by atoms with E-state index in [0.29, 0.717) is 5.69 Å². The molecule has 118 valence electrons. The highest BCUT2D eigenvalue weighted by Gasteiger charge is 2.18. The lowest BCUT2D eigenvalue weighted by molar-refractivity contribution is -0.141. The molecule has 0 saturated carbocycles. The summed E-state index contributed by atoms with van der Waals surface area (Å²) in [6, 6.07) is 24.8. The lowest BCUT2D eigenvalue weighted by atomic mass is 10.1. The number of hydrogen-bond acceptors (Lipinski definition) is 3. The van der Waals surface area contributed by atoms with Crippen molar-refractivity contribution in [1.29, 1.82) is 0 Å². The first-order chi connectivity index (χ1) is 11.8. The van der Waals surface area contributed by atoms with Crippen LogP contribution in [0.4, 0.5) is 0 Å². The minimum Gasteiger partial charge on any atom is -0.448 e. The first-order valence-electron chi connectivity index (χ1n) is 7.72. The number of benzene rings is 2. The molecule has 0 spiro atoms. The Bertz CT molecular complexity index is 760. The van der Waals surface area contributed by atoms with E-state index in [9.17, 15) is 4.79 Å². The molecule has 0 aliphatic heterocycles. The smallest absolute Gasteiger partial charge is 0.331 e. The number of ether oxygens (including phenoxy) is 1. The summed E-state index contributed by atoms with van der Waals surface area (Å²) < 4.78 is 5.66. The number of esters is 1. The van der Waals surface area contributed by atoms with Gasteiger partial charge in [-0.25, -0.2) is 4.79 Å². The lowest BCUT2D eigenvalue weighted by Crippen LogP contribution is -2.12. The second kappa shape index (κ2) is 7.88. The van der Waals surface area contributed by atoms with Crippen LogP contribution in [0.1, 0.15) is 22.9 Å². The molecule has 3 aromatic rings. The van der Waals surface area contributed by atoms with Crippen molar-refractivity contribution in [3.63, 3.8) is 0 Å². The number of hydrogen-bond donors (Lipinski definition) is 0. The maximum absolute atomic E-state index is 12.2. The van der Waals surface area contributed by atoms with Crippen molar-refractivity contribution in [2.24, 2.45) is 0 Å². The molecular weight excluding hydrogens is 298 g/mol. The van der Waals surface area contributed by atoms with Crippen LogP contribution in [-0.4, -0.2) is 11.0 Å². The molecule has 0 aliphatic carbocycles. The molecule has 0 amide bonds. The Labute approximate surface area is 141 Å². The van der Waals surface area contributed by atoms with Gasteiger partial charge in [0.15, 0.2) is 6.10 Å². The Hall–Kier alpha value is -3.20. The molecule has 24 heavy (non-hydrogen) atoms. The molecule has 3 heteroatoms. The van der Waals surface area contributed by atoms with E-state index in [1.54, 1.807) is 12.3 Å². The highest BCUT2D eigenvalue weighted by atomic mass is 16.5. The number of rotatable bonds is 5. The first-order valence-corrected chi connectivity index (χ1v) is 7.72. The van der Waals surface area contributed by atoms with Crippen molar-refractivity contribution in [2.75, 3.05) is 0 Å². The van der Waals surface area contributed by atoms with Gasteiger partial charge in [0, 0.05) is 12.3 Å². The van der Waals surface area contributed by atoms with Gasteiger partial charge in [-0.05, 0) is 29.3 Å². The molecular formula is C21H17NO2. The third-order valence-electron chi connectivity index (χ3n) is 3.50. The molecule has 0 fully saturated rings. The fourth-order valence-electron chi connectivity index (χ4n) is 2.34. The summed E-state index contributed by atoms with van der Waals surface area (Å²) in [5.41, 5.74) is 2.53. The van der Waals surface area contributed by atoms with E-state index in [0.717, 1.165) is 11.1 Å². The van der Waals surface area contributed by atoms with E-state index in [-0.39, 0.29) is 0 Å². The topological polar surface area (TPSA) is 39.2 Å². The number of carbonyl (C=O) groups excluding carboxylic acids is 1. The van der Waals surface area contributed by atoms with Gasteiger partial charge in [0.1, 0.15) is 0 Å². The van der Waals surface area contributed by atoms with Gasteiger partial charge in [-0.1, -0.05) is 66.7 Å². The molecule has 1 aromatic heterocycles. The van der Waals surface area contributed by atoms with Crippen LogP contribution in [0, 0.1) is 0 Å². The summed E-state index contributed by atoms with van der Waals surface area (Å²) in [6.07, 6.45) is 4.34. The van der Waals surface area contributed by atoms with E-state index < -0.39 is 12.1 Å². The molecule has 0 saturated heterocycles. The van der Waals surface area contributed by atoms with Crippen LogP contribution >= 0.6 is 0 Å².